The number of hydrogen-bond acceptors (Lipinski definition) is 5. The Morgan fingerprint density at radius 3 is 1.88 bits per heavy atom. The van der Waals surface area contributed by atoms with Gasteiger partial charge >= 0.3 is 0 Å². The lowest BCUT2D eigenvalue weighted by Gasteiger charge is -1.99. The van der Waals surface area contributed by atoms with E-state index in [1.807, 2.05) is 30.5 Å². The summed E-state index contributed by atoms with van der Waals surface area (Å²) < 4.78 is 0. The standard InChI is InChI=1S/C12H11N.C6H4N2O4/c1-2-6-11(7-3-1)10-12-8-4-5-9-13-12;9-7(10)5-2-1-3-6(4-5)8(11)12/h1-9H,10H2;1-4H. The lowest BCUT2D eigenvalue weighted by atomic mass is 10.1. The fourth-order valence-electron chi connectivity index (χ4n) is 2.03. The second kappa shape index (κ2) is 8.88. The second-order valence-electron chi connectivity index (χ2n) is 5.02. The average Bonchev–Trinajstić information content (AvgIpc) is 2.64. The Labute approximate surface area is 143 Å². The largest absolute Gasteiger partial charge is 0.276 e. The van der Waals surface area contributed by atoms with Gasteiger partial charge in [0.1, 0.15) is 0 Å². The summed E-state index contributed by atoms with van der Waals surface area (Å²) in [6.45, 7) is 0. The van der Waals surface area contributed by atoms with E-state index >= 15 is 0 Å². The summed E-state index contributed by atoms with van der Waals surface area (Å²) >= 11 is 0. The number of nitro benzene ring substituents is 2. The fourth-order valence-corrected chi connectivity index (χ4v) is 2.03. The molecule has 0 N–H and O–H groups in total. The van der Waals surface area contributed by atoms with Gasteiger partial charge in [-0.25, -0.2) is 0 Å². The topological polar surface area (TPSA) is 99.2 Å². The Bertz CT molecular complexity index is 772. The van der Waals surface area contributed by atoms with Crippen molar-refractivity contribution in [1.82, 2.24) is 4.98 Å². The molecular weight excluding hydrogens is 322 g/mol. The summed E-state index contributed by atoms with van der Waals surface area (Å²) in [5, 5.41) is 20.3. The van der Waals surface area contributed by atoms with Gasteiger partial charge in [-0.1, -0.05) is 36.4 Å². The van der Waals surface area contributed by atoms with Gasteiger partial charge < -0.3 is 0 Å². The highest BCUT2D eigenvalue weighted by atomic mass is 16.6. The summed E-state index contributed by atoms with van der Waals surface area (Å²) in [5.74, 6) is 0. The first-order chi connectivity index (χ1) is 12.1. The van der Waals surface area contributed by atoms with Gasteiger partial charge in [0.2, 0.25) is 0 Å². The molecule has 0 aliphatic carbocycles. The predicted octanol–water partition coefficient (Wildman–Crippen LogP) is 4.18. The Morgan fingerprint density at radius 1 is 0.760 bits per heavy atom. The minimum Gasteiger partial charge on any atom is -0.261 e. The van der Waals surface area contributed by atoms with Crippen LogP contribution in [0, 0.1) is 20.2 Å². The first kappa shape index (κ1) is 17.7. The van der Waals surface area contributed by atoms with Crippen LogP contribution in [0.15, 0.2) is 79.0 Å². The van der Waals surface area contributed by atoms with E-state index < -0.39 is 9.85 Å². The number of hydrogen-bond donors (Lipinski definition) is 0. The summed E-state index contributed by atoms with van der Waals surface area (Å²) in [6.07, 6.45) is 2.75. The van der Waals surface area contributed by atoms with Crippen LogP contribution in [0.5, 0.6) is 0 Å². The van der Waals surface area contributed by atoms with Crippen LogP contribution in [-0.2, 0) is 6.42 Å². The van der Waals surface area contributed by atoms with Crippen molar-refractivity contribution in [2.45, 2.75) is 6.42 Å². The number of rotatable bonds is 4. The van der Waals surface area contributed by atoms with Gasteiger partial charge in [0.15, 0.2) is 0 Å². The Hall–Kier alpha value is -3.61. The molecule has 0 saturated heterocycles. The van der Waals surface area contributed by atoms with Crippen LogP contribution in [0.4, 0.5) is 11.4 Å². The molecule has 0 aliphatic heterocycles. The third kappa shape index (κ3) is 5.83. The highest BCUT2D eigenvalue weighted by molar-refractivity contribution is 5.42. The molecule has 2 aromatic carbocycles. The maximum absolute atomic E-state index is 10.2. The van der Waals surface area contributed by atoms with Crippen LogP contribution >= 0.6 is 0 Å². The Balaban J connectivity index is 0.000000181. The molecule has 0 radical (unpaired) electrons. The first-order valence-corrected chi connectivity index (χ1v) is 7.39. The van der Waals surface area contributed by atoms with E-state index in [-0.39, 0.29) is 11.4 Å². The van der Waals surface area contributed by atoms with Crippen LogP contribution in [0.1, 0.15) is 11.3 Å². The van der Waals surface area contributed by atoms with Gasteiger partial charge in [-0.05, 0) is 23.8 Å². The third-order valence-corrected chi connectivity index (χ3v) is 3.21. The maximum Gasteiger partial charge on any atom is 0.276 e. The molecule has 0 amide bonds. The van der Waals surface area contributed by atoms with Crippen molar-refractivity contribution in [3.63, 3.8) is 0 Å². The lowest BCUT2D eigenvalue weighted by molar-refractivity contribution is -0.394. The van der Waals surface area contributed by atoms with E-state index in [4.69, 9.17) is 0 Å². The highest BCUT2D eigenvalue weighted by Gasteiger charge is 2.11. The quantitative estimate of drug-likeness (QED) is 0.525. The number of aromatic nitrogens is 1. The van der Waals surface area contributed by atoms with Crippen molar-refractivity contribution in [1.29, 1.82) is 0 Å². The molecule has 3 rings (SSSR count). The van der Waals surface area contributed by atoms with E-state index in [0.717, 1.165) is 18.2 Å². The number of pyridine rings is 1. The predicted molar refractivity (Wildman–Crippen MR) is 93.2 cm³/mol. The number of non-ortho nitro benzene ring substituents is 2. The van der Waals surface area contributed by atoms with Gasteiger partial charge in [-0.15, -0.1) is 0 Å². The number of nitrogens with zero attached hydrogens (tertiary/aromatic N) is 3. The molecule has 0 aliphatic rings. The normalized spacial score (nSPS) is 9.60. The van der Waals surface area contributed by atoms with Gasteiger partial charge in [0.25, 0.3) is 11.4 Å². The van der Waals surface area contributed by atoms with Crippen molar-refractivity contribution in [3.05, 3.63) is 110 Å². The molecule has 7 heteroatoms. The molecule has 0 spiro atoms. The molecular formula is C18H15N3O4. The molecule has 0 atom stereocenters. The minimum absolute atomic E-state index is 0.274. The molecule has 0 unspecified atom stereocenters. The van der Waals surface area contributed by atoms with Gasteiger partial charge in [-0.2, -0.15) is 0 Å². The number of benzene rings is 2. The SMILES string of the molecule is O=[N+]([O-])c1cccc([N+](=O)[O-])c1.c1ccc(Cc2ccccn2)cc1. The molecule has 0 bridgehead atoms. The monoisotopic (exact) mass is 337 g/mol. The van der Waals surface area contributed by atoms with E-state index in [2.05, 4.69) is 29.2 Å². The fraction of sp³-hybridized carbons (Fsp3) is 0.0556. The lowest BCUT2D eigenvalue weighted by Crippen LogP contribution is -1.91. The van der Waals surface area contributed by atoms with E-state index in [1.54, 1.807) is 0 Å². The van der Waals surface area contributed by atoms with Crippen molar-refractivity contribution >= 4 is 11.4 Å². The van der Waals surface area contributed by atoms with Crippen molar-refractivity contribution in [2.24, 2.45) is 0 Å². The molecule has 126 valence electrons. The molecule has 25 heavy (non-hydrogen) atoms. The smallest absolute Gasteiger partial charge is 0.261 e. The first-order valence-electron chi connectivity index (χ1n) is 7.39. The molecule has 1 aromatic heterocycles. The summed E-state index contributed by atoms with van der Waals surface area (Å²) in [4.78, 5) is 23.2. The second-order valence-corrected chi connectivity index (χ2v) is 5.02. The molecule has 0 saturated carbocycles. The van der Waals surface area contributed by atoms with Crippen LogP contribution < -0.4 is 0 Å². The zero-order valence-corrected chi connectivity index (χ0v) is 13.2. The van der Waals surface area contributed by atoms with E-state index in [9.17, 15) is 20.2 Å². The van der Waals surface area contributed by atoms with E-state index in [1.165, 1.54) is 23.8 Å². The molecule has 1 heterocycles. The maximum atomic E-state index is 10.2. The van der Waals surface area contributed by atoms with Crippen molar-refractivity contribution in [2.75, 3.05) is 0 Å². The Morgan fingerprint density at radius 2 is 1.36 bits per heavy atom. The van der Waals surface area contributed by atoms with Gasteiger partial charge in [-0.3, -0.25) is 25.2 Å². The zero-order valence-electron chi connectivity index (χ0n) is 13.2. The number of nitro groups is 2. The highest BCUT2D eigenvalue weighted by Crippen LogP contribution is 2.18. The Kier molecular flexibility index (Phi) is 6.30. The summed E-state index contributed by atoms with van der Waals surface area (Å²) in [6, 6.07) is 21.0. The molecule has 7 nitrogen and oxygen atoms in total. The van der Waals surface area contributed by atoms with Gasteiger partial charge in [0.05, 0.1) is 15.9 Å². The van der Waals surface area contributed by atoms with E-state index in [0.29, 0.717) is 0 Å². The van der Waals surface area contributed by atoms with Gasteiger partial charge in [0, 0.05) is 30.4 Å². The third-order valence-electron chi connectivity index (χ3n) is 3.21. The molecule has 0 fully saturated rings. The van der Waals surface area contributed by atoms with Crippen LogP contribution in [0.25, 0.3) is 0 Å². The zero-order chi connectivity index (χ0) is 18.1. The van der Waals surface area contributed by atoms with Crippen molar-refractivity contribution < 1.29 is 9.85 Å². The van der Waals surface area contributed by atoms with Crippen molar-refractivity contribution in [3.8, 4) is 0 Å². The van der Waals surface area contributed by atoms with Crippen LogP contribution in [-0.4, -0.2) is 14.8 Å². The average molecular weight is 337 g/mol. The van der Waals surface area contributed by atoms with Crippen LogP contribution in [0.3, 0.4) is 0 Å². The van der Waals surface area contributed by atoms with Crippen LogP contribution in [0.2, 0.25) is 0 Å². The summed E-state index contributed by atoms with van der Waals surface area (Å²) in [5.41, 5.74) is 1.88. The molecule has 3 aromatic rings. The summed E-state index contributed by atoms with van der Waals surface area (Å²) in [7, 11) is 0. The minimum atomic E-state index is -0.674.